The Kier molecular flexibility index (Phi) is 4.38. The topological polar surface area (TPSA) is 32.3 Å². The first-order valence-corrected chi connectivity index (χ1v) is 6.31. The zero-order chi connectivity index (χ0) is 12.8. The number of carbonyl (C=O) groups is 1. The van der Waals surface area contributed by atoms with Gasteiger partial charge in [-0.3, -0.25) is 4.79 Å². The lowest BCUT2D eigenvalue weighted by atomic mass is 10.2. The summed E-state index contributed by atoms with van der Waals surface area (Å²) in [7, 11) is 1.81. The Bertz CT molecular complexity index is 452. The Labute approximate surface area is 108 Å². The van der Waals surface area contributed by atoms with Crippen LogP contribution in [-0.2, 0) is 4.79 Å². The Morgan fingerprint density at radius 3 is 2.89 bits per heavy atom. The van der Waals surface area contributed by atoms with Crippen molar-refractivity contribution in [1.29, 1.82) is 0 Å². The SMILES string of the molecule is CN(CC1CCCN1)C(=O)C#Cc1ccccc1. The highest BCUT2D eigenvalue weighted by Gasteiger charge is 2.17. The van der Waals surface area contributed by atoms with Crippen LogP contribution in [0.15, 0.2) is 30.3 Å². The van der Waals surface area contributed by atoms with E-state index in [1.54, 1.807) is 4.90 Å². The molecule has 1 aliphatic rings. The third-order valence-electron chi connectivity index (χ3n) is 3.09. The van der Waals surface area contributed by atoms with E-state index in [0.29, 0.717) is 6.04 Å². The normalized spacial score (nSPS) is 17.9. The van der Waals surface area contributed by atoms with Crippen molar-refractivity contribution < 1.29 is 4.79 Å². The summed E-state index contributed by atoms with van der Waals surface area (Å²) in [5.74, 6) is 5.45. The van der Waals surface area contributed by atoms with Crippen molar-refractivity contribution in [3.8, 4) is 11.8 Å². The van der Waals surface area contributed by atoms with E-state index in [1.165, 1.54) is 6.42 Å². The maximum absolute atomic E-state index is 11.8. The van der Waals surface area contributed by atoms with Crippen molar-refractivity contribution in [3.05, 3.63) is 35.9 Å². The molecule has 0 spiro atoms. The van der Waals surface area contributed by atoms with Crippen LogP contribution in [0.2, 0.25) is 0 Å². The number of nitrogens with zero attached hydrogens (tertiary/aromatic N) is 1. The lowest BCUT2D eigenvalue weighted by Gasteiger charge is -2.18. The number of nitrogens with one attached hydrogen (secondary N) is 1. The molecule has 0 saturated carbocycles. The van der Waals surface area contributed by atoms with Gasteiger partial charge in [0.25, 0.3) is 5.91 Å². The predicted molar refractivity (Wildman–Crippen MR) is 72.0 cm³/mol. The van der Waals surface area contributed by atoms with Gasteiger partial charge in [-0.25, -0.2) is 0 Å². The maximum Gasteiger partial charge on any atom is 0.298 e. The highest BCUT2D eigenvalue weighted by Crippen LogP contribution is 2.05. The van der Waals surface area contributed by atoms with Crippen LogP contribution in [0.5, 0.6) is 0 Å². The van der Waals surface area contributed by atoms with Gasteiger partial charge in [0, 0.05) is 31.1 Å². The largest absolute Gasteiger partial charge is 0.333 e. The molecule has 3 heteroatoms. The molecule has 1 unspecified atom stereocenters. The van der Waals surface area contributed by atoms with Crippen LogP contribution in [0, 0.1) is 11.8 Å². The Morgan fingerprint density at radius 2 is 2.22 bits per heavy atom. The molecular formula is C15H18N2O. The summed E-state index contributed by atoms with van der Waals surface area (Å²) < 4.78 is 0. The number of hydrogen-bond acceptors (Lipinski definition) is 2. The molecule has 2 rings (SSSR count). The van der Waals surface area contributed by atoms with Gasteiger partial charge in [-0.2, -0.15) is 0 Å². The highest BCUT2D eigenvalue weighted by molar-refractivity contribution is 5.93. The van der Waals surface area contributed by atoms with Gasteiger partial charge in [0.2, 0.25) is 0 Å². The van der Waals surface area contributed by atoms with Crippen molar-refractivity contribution in [2.45, 2.75) is 18.9 Å². The van der Waals surface area contributed by atoms with E-state index in [0.717, 1.165) is 25.1 Å². The molecule has 0 radical (unpaired) electrons. The van der Waals surface area contributed by atoms with Gasteiger partial charge in [-0.1, -0.05) is 24.1 Å². The first-order chi connectivity index (χ1) is 8.75. The molecule has 1 saturated heterocycles. The molecule has 1 aromatic carbocycles. The van der Waals surface area contributed by atoms with Gasteiger partial charge in [0.1, 0.15) is 0 Å². The highest BCUT2D eigenvalue weighted by atomic mass is 16.2. The molecule has 0 aromatic heterocycles. The summed E-state index contributed by atoms with van der Waals surface area (Å²) in [6, 6.07) is 10.0. The monoisotopic (exact) mass is 242 g/mol. The minimum Gasteiger partial charge on any atom is -0.333 e. The number of amides is 1. The molecule has 1 fully saturated rings. The molecule has 1 aliphatic heterocycles. The van der Waals surface area contributed by atoms with E-state index in [2.05, 4.69) is 17.2 Å². The molecular weight excluding hydrogens is 224 g/mol. The molecule has 1 amide bonds. The molecule has 0 aliphatic carbocycles. The molecule has 94 valence electrons. The molecule has 1 atom stereocenters. The summed E-state index contributed by atoms with van der Waals surface area (Å²) in [6.07, 6.45) is 2.34. The Balaban J connectivity index is 1.89. The molecule has 0 bridgehead atoms. The van der Waals surface area contributed by atoms with Gasteiger partial charge in [0.05, 0.1) is 0 Å². The lowest BCUT2D eigenvalue weighted by molar-refractivity contribution is -0.124. The standard InChI is InChI=1S/C15H18N2O/c1-17(12-14-8-5-11-16-14)15(18)10-9-13-6-3-2-4-7-13/h2-4,6-7,14,16H,5,8,11-12H2,1H3. The first-order valence-electron chi connectivity index (χ1n) is 6.31. The minimum atomic E-state index is -0.118. The van der Waals surface area contributed by atoms with E-state index in [9.17, 15) is 4.79 Å². The van der Waals surface area contributed by atoms with E-state index < -0.39 is 0 Å². The van der Waals surface area contributed by atoms with Crippen LogP contribution in [0.4, 0.5) is 0 Å². The second-order valence-electron chi connectivity index (χ2n) is 4.59. The van der Waals surface area contributed by atoms with Crippen molar-refractivity contribution >= 4 is 5.91 Å². The minimum absolute atomic E-state index is 0.118. The number of benzene rings is 1. The third kappa shape index (κ3) is 3.61. The zero-order valence-electron chi connectivity index (χ0n) is 10.6. The number of hydrogen-bond donors (Lipinski definition) is 1. The zero-order valence-corrected chi connectivity index (χ0v) is 10.6. The van der Waals surface area contributed by atoms with Gasteiger partial charge in [-0.15, -0.1) is 0 Å². The van der Waals surface area contributed by atoms with Gasteiger partial charge in [-0.05, 0) is 31.5 Å². The van der Waals surface area contributed by atoms with E-state index in [1.807, 2.05) is 37.4 Å². The van der Waals surface area contributed by atoms with Crippen molar-refractivity contribution in [1.82, 2.24) is 10.2 Å². The van der Waals surface area contributed by atoms with Crippen LogP contribution in [-0.4, -0.2) is 37.0 Å². The fourth-order valence-electron chi connectivity index (χ4n) is 2.07. The van der Waals surface area contributed by atoms with Gasteiger partial charge < -0.3 is 10.2 Å². The summed E-state index contributed by atoms with van der Waals surface area (Å²) in [5, 5.41) is 3.37. The maximum atomic E-state index is 11.8. The number of carbonyl (C=O) groups excluding carboxylic acids is 1. The van der Waals surface area contributed by atoms with Crippen molar-refractivity contribution in [2.75, 3.05) is 20.1 Å². The second kappa shape index (κ2) is 6.23. The number of rotatable bonds is 2. The van der Waals surface area contributed by atoms with E-state index in [-0.39, 0.29) is 5.91 Å². The quantitative estimate of drug-likeness (QED) is 0.792. The van der Waals surface area contributed by atoms with E-state index in [4.69, 9.17) is 0 Å². The average Bonchev–Trinajstić information content (AvgIpc) is 2.90. The molecule has 1 heterocycles. The van der Waals surface area contributed by atoms with Crippen molar-refractivity contribution in [2.24, 2.45) is 0 Å². The average molecular weight is 242 g/mol. The summed E-state index contributed by atoms with van der Waals surface area (Å²) in [4.78, 5) is 13.5. The van der Waals surface area contributed by atoms with Crippen LogP contribution >= 0.6 is 0 Å². The summed E-state index contributed by atoms with van der Waals surface area (Å²) in [6.45, 7) is 1.80. The molecule has 3 nitrogen and oxygen atoms in total. The predicted octanol–water partition coefficient (Wildman–Crippen LogP) is 1.25. The third-order valence-corrected chi connectivity index (χ3v) is 3.09. The number of likely N-dealkylation sites (N-methyl/N-ethyl adjacent to an activating group) is 1. The Hall–Kier alpha value is -1.79. The van der Waals surface area contributed by atoms with Gasteiger partial charge in [0.15, 0.2) is 0 Å². The van der Waals surface area contributed by atoms with Gasteiger partial charge >= 0.3 is 0 Å². The second-order valence-corrected chi connectivity index (χ2v) is 4.59. The fourth-order valence-corrected chi connectivity index (χ4v) is 2.07. The Morgan fingerprint density at radius 1 is 1.44 bits per heavy atom. The summed E-state index contributed by atoms with van der Waals surface area (Å²) in [5.41, 5.74) is 0.873. The smallest absolute Gasteiger partial charge is 0.298 e. The van der Waals surface area contributed by atoms with E-state index >= 15 is 0 Å². The van der Waals surface area contributed by atoms with Crippen LogP contribution in [0.3, 0.4) is 0 Å². The summed E-state index contributed by atoms with van der Waals surface area (Å²) >= 11 is 0. The molecule has 18 heavy (non-hydrogen) atoms. The van der Waals surface area contributed by atoms with Crippen molar-refractivity contribution in [3.63, 3.8) is 0 Å². The fraction of sp³-hybridized carbons (Fsp3) is 0.400. The van der Waals surface area contributed by atoms with Crippen LogP contribution < -0.4 is 5.32 Å². The lowest BCUT2D eigenvalue weighted by Crippen LogP contribution is -2.38. The molecule has 1 aromatic rings. The first kappa shape index (κ1) is 12.7. The van der Waals surface area contributed by atoms with Crippen LogP contribution in [0.1, 0.15) is 18.4 Å². The molecule has 1 N–H and O–H groups in total. The van der Waals surface area contributed by atoms with Crippen LogP contribution in [0.25, 0.3) is 0 Å².